The van der Waals surface area contributed by atoms with Crippen LogP contribution in [-0.2, 0) is 0 Å². The number of pyridine rings is 1. The maximum absolute atomic E-state index is 11.9. The molecule has 1 aromatic heterocycles. The third-order valence-electron chi connectivity index (χ3n) is 2.99. The van der Waals surface area contributed by atoms with Crippen LogP contribution in [0.5, 0.6) is 0 Å². The van der Waals surface area contributed by atoms with E-state index in [0.717, 1.165) is 0 Å². The highest BCUT2D eigenvalue weighted by atomic mass is 16.1. The van der Waals surface area contributed by atoms with Crippen LogP contribution in [0, 0.1) is 0 Å². The summed E-state index contributed by atoms with van der Waals surface area (Å²) in [6.45, 7) is 4.66. The summed E-state index contributed by atoms with van der Waals surface area (Å²) in [5, 5.41) is 2.86. The Morgan fingerprint density at radius 3 is 2.71 bits per heavy atom. The van der Waals surface area contributed by atoms with E-state index in [0.29, 0.717) is 17.8 Å². The van der Waals surface area contributed by atoms with Gasteiger partial charge in [0.25, 0.3) is 5.91 Å². The van der Waals surface area contributed by atoms with Gasteiger partial charge in [-0.25, -0.2) is 0 Å². The highest BCUT2D eigenvalue weighted by Gasteiger charge is 2.21. The summed E-state index contributed by atoms with van der Waals surface area (Å²) in [6, 6.07) is 1.62. The Bertz CT molecular complexity index is 401. The van der Waals surface area contributed by atoms with Crippen LogP contribution < -0.4 is 11.1 Å². The van der Waals surface area contributed by atoms with Gasteiger partial charge in [0, 0.05) is 30.2 Å². The lowest BCUT2D eigenvalue weighted by atomic mass is 10.0. The first-order valence-electron chi connectivity index (χ1n) is 5.50. The second-order valence-corrected chi connectivity index (χ2v) is 4.85. The van der Waals surface area contributed by atoms with Gasteiger partial charge in [0.15, 0.2) is 0 Å². The Morgan fingerprint density at radius 1 is 1.53 bits per heavy atom. The molecule has 17 heavy (non-hydrogen) atoms. The number of nitrogen functional groups attached to an aromatic ring is 1. The van der Waals surface area contributed by atoms with E-state index in [1.807, 2.05) is 14.1 Å². The minimum atomic E-state index is -0.189. The molecule has 0 fully saturated rings. The number of hydrogen-bond donors (Lipinski definition) is 2. The molecular weight excluding hydrogens is 216 g/mol. The fourth-order valence-corrected chi connectivity index (χ4v) is 1.14. The van der Waals surface area contributed by atoms with Crippen molar-refractivity contribution in [2.75, 3.05) is 26.4 Å². The number of aromatic nitrogens is 1. The molecule has 1 heterocycles. The normalized spacial score (nSPS) is 11.6. The molecule has 5 heteroatoms. The van der Waals surface area contributed by atoms with Crippen LogP contribution in [-0.4, -0.2) is 42.0 Å². The van der Waals surface area contributed by atoms with Gasteiger partial charge in [0.2, 0.25) is 0 Å². The van der Waals surface area contributed by atoms with Crippen LogP contribution >= 0.6 is 0 Å². The molecule has 1 amide bonds. The van der Waals surface area contributed by atoms with Crippen molar-refractivity contribution in [3.63, 3.8) is 0 Å². The fourth-order valence-electron chi connectivity index (χ4n) is 1.14. The summed E-state index contributed by atoms with van der Waals surface area (Å²) < 4.78 is 0. The van der Waals surface area contributed by atoms with E-state index in [9.17, 15) is 4.79 Å². The highest BCUT2D eigenvalue weighted by Crippen LogP contribution is 2.11. The van der Waals surface area contributed by atoms with Gasteiger partial charge < -0.3 is 16.0 Å². The number of likely N-dealkylation sites (N-methyl/N-ethyl adjacent to an activating group) is 1. The predicted octanol–water partition coefficient (Wildman–Crippen LogP) is 0.734. The van der Waals surface area contributed by atoms with E-state index in [4.69, 9.17) is 5.73 Å². The fraction of sp³-hybridized carbons (Fsp3) is 0.500. The van der Waals surface area contributed by atoms with Crippen LogP contribution in [0.2, 0.25) is 0 Å². The Kier molecular flexibility index (Phi) is 4.07. The third-order valence-corrected chi connectivity index (χ3v) is 2.99. The van der Waals surface area contributed by atoms with Crippen molar-refractivity contribution in [3.05, 3.63) is 24.0 Å². The number of nitrogens with one attached hydrogen (secondary N) is 1. The van der Waals surface area contributed by atoms with Gasteiger partial charge in [-0.3, -0.25) is 9.78 Å². The average Bonchev–Trinajstić information content (AvgIpc) is 2.26. The Hall–Kier alpha value is -1.62. The number of anilines is 1. The molecule has 0 saturated carbocycles. The second-order valence-electron chi connectivity index (χ2n) is 4.85. The van der Waals surface area contributed by atoms with E-state index < -0.39 is 0 Å². The first kappa shape index (κ1) is 13.4. The molecule has 5 nitrogen and oxygen atoms in total. The molecule has 3 N–H and O–H groups in total. The van der Waals surface area contributed by atoms with E-state index in [2.05, 4.69) is 29.0 Å². The van der Waals surface area contributed by atoms with Crippen molar-refractivity contribution in [1.82, 2.24) is 15.2 Å². The molecule has 1 aromatic rings. The average molecular weight is 236 g/mol. The topological polar surface area (TPSA) is 71.2 Å². The van der Waals surface area contributed by atoms with Crippen molar-refractivity contribution >= 4 is 11.6 Å². The Balaban J connectivity index is 2.66. The van der Waals surface area contributed by atoms with Gasteiger partial charge >= 0.3 is 0 Å². The number of nitrogens with two attached hydrogens (primary N) is 1. The van der Waals surface area contributed by atoms with Crippen LogP contribution in [0.1, 0.15) is 24.2 Å². The van der Waals surface area contributed by atoms with Crippen molar-refractivity contribution in [1.29, 1.82) is 0 Å². The van der Waals surface area contributed by atoms with Gasteiger partial charge in [0.05, 0.1) is 5.56 Å². The maximum atomic E-state index is 11.9. The summed E-state index contributed by atoms with van der Waals surface area (Å²) in [4.78, 5) is 17.8. The van der Waals surface area contributed by atoms with Gasteiger partial charge in [-0.15, -0.1) is 0 Å². The second kappa shape index (κ2) is 5.14. The van der Waals surface area contributed by atoms with Crippen LogP contribution in [0.25, 0.3) is 0 Å². The largest absolute Gasteiger partial charge is 0.398 e. The molecule has 0 saturated heterocycles. The van der Waals surface area contributed by atoms with Crippen molar-refractivity contribution in [3.8, 4) is 0 Å². The highest BCUT2D eigenvalue weighted by molar-refractivity contribution is 5.98. The number of carbonyl (C=O) groups excluding carboxylic acids is 1. The van der Waals surface area contributed by atoms with Crippen molar-refractivity contribution in [2.24, 2.45) is 0 Å². The lowest BCUT2D eigenvalue weighted by molar-refractivity contribution is 0.0920. The standard InChI is InChI=1S/C12H20N4O/c1-12(2,16(3)4)8-15-11(17)9-7-14-6-5-10(9)13/h5-7H,8H2,1-4H3,(H2,13,14)(H,15,17). The minimum Gasteiger partial charge on any atom is -0.398 e. The van der Waals surface area contributed by atoms with E-state index in [1.165, 1.54) is 6.20 Å². The molecule has 0 aliphatic heterocycles. The molecule has 94 valence electrons. The smallest absolute Gasteiger partial charge is 0.255 e. The Labute approximate surface area is 102 Å². The quantitative estimate of drug-likeness (QED) is 0.808. The van der Waals surface area contributed by atoms with Crippen molar-refractivity contribution < 1.29 is 4.79 Å². The monoisotopic (exact) mass is 236 g/mol. The molecule has 0 radical (unpaired) electrons. The maximum Gasteiger partial charge on any atom is 0.255 e. The molecular formula is C12H20N4O. The molecule has 0 atom stereocenters. The van der Waals surface area contributed by atoms with E-state index >= 15 is 0 Å². The summed E-state index contributed by atoms with van der Waals surface area (Å²) in [6.07, 6.45) is 3.04. The summed E-state index contributed by atoms with van der Waals surface area (Å²) in [5.74, 6) is -0.189. The molecule has 0 aliphatic rings. The number of carbonyl (C=O) groups is 1. The number of hydrogen-bond acceptors (Lipinski definition) is 4. The zero-order chi connectivity index (χ0) is 13.1. The summed E-state index contributed by atoms with van der Waals surface area (Å²) in [7, 11) is 3.95. The molecule has 0 bridgehead atoms. The first-order chi connectivity index (χ1) is 7.84. The van der Waals surface area contributed by atoms with E-state index in [1.54, 1.807) is 12.3 Å². The van der Waals surface area contributed by atoms with Crippen LogP contribution in [0.4, 0.5) is 5.69 Å². The number of nitrogens with zero attached hydrogens (tertiary/aromatic N) is 2. The lowest BCUT2D eigenvalue weighted by Gasteiger charge is -2.32. The van der Waals surface area contributed by atoms with Gasteiger partial charge in [-0.1, -0.05) is 0 Å². The molecule has 0 unspecified atom stereocenters. The van der Waals surface area contributed by atoms with E-state index in [-0.39, 0.29) is 11.4 Å². The molecule has 0 aromatic carbocycles. The SMILES string of the molecule is CN(C)C(C)(C)CNC(=O)c1cnccc1N. The number of rotatable bonds is 4. The Morgan fingerprint density at radius 2 is 2.18 bits per heavy atom. The van der Waals surface area contributed by atoms with Gasteiger partial charge in [-0.05, 0) is 34.0 Å². The summed E-state index contributed by atoms with van der Waals surface area (Å²) >= 11 is 0. The first-order valence-corrected chi connectivity index (χ1v) is 5.50. The number of amides is 1. The lowest BCUT2D eigenvalue weighted by Crippen LogP contribution is -2.48. The zero-order valence-electron chi connectivity index (χ0n) is 10.8. The van der Waals surface area contributed by atoms with Crippen LogP contribution in [0.3, 0.4) is 0 Å². The summed E-state index contributed by atoms with van der Waals surface area (Å²) in [5.41, 5.74) is 6.47. The molecule has 1 rings (SSSR count). The minimum absolute atomic E-state index is 0.105. The van der Waals surface area contributed by atoms with Gasteiger partial charge in [0.1, 0.15) is 0 Å². The third kappa shape index (κ3) is 3.42. The molecule has 0 spiro atoms. The van der Waals surface area contributed by atoms with Crippen LogP contribution in [0.15, 0.2) is 18.5 Å². The predicted molar refractivity (Wildman–Crippen MR) is 68.7 cm³/mol. The molecule has 0 aliphatic carbocycles. The van der Waals surface area contributed by atoms with Gasteiger partial charge in [-0.2, -0.15) is 0 Å². The zero-order valence-corrected chi connectivity index (χ0v) is 10.8. The van der Waals surface area contributed by atoms with Crippen molar-refractivity contribution in [2.45, 2.75) is 19.4 Å².